The molecule has 0 N–H and O–H groups in total. The van der Waals surface area contributed by atoms with Crippen LogP contribution in [-0.2, 0) is 16.8 Å². The molecule has 6 rings (SSSR count). The van der Waals surface area contributed by atoms with Gasteiger partial charge in [0.2, 0.25) is 5.91 Å². The van der Waals surface area contributed by atoms with E-state index in [1.54, 1.807) is 12.3 Å². The molecule has 1 amide bonds. The van der Waals surface area contributed by atoms with Crippen molar-refractivity contribution in [3.63, 3.8) is 0 Å². The van der Waals surface area contributed by atoms with Crippen LogP contribution in [0.3, 0.4) is 0 Å². The van der Waals surface area contributed by atoms with Crippen molar-refractivity contribution in [3.05, 3.63) is 64.1 Å². The first-order chi connectivity index (χ1) is 16.1. The summed E-state index contributed by atoms with van der Waals surface area (Å²) in [6, 6.07) is 11.4. The second-order valence-electron chi connectivity index (χ2n) is 9.46. The van der Waals surface area contributed by atoms with E-state index in [2.05, 4.69) is 24.2 Å². The van der Waals surface area contributed by atoms with Gasteiger partial charge in [-0.1, -0.05) is 31.0 Å². The van der Waals surface area contributed by atoms with Crippen molar-refractivity contribution in [2.24, 2.45) is 0 Å². The summed E-state index contributed by atoms with van der Waals surface area (Å²) < 4.78 is 13.0. The largest absolute Gasteiger partial charge is 0.486 e. The molecule has 1 saturated carbocycles. The van der Waals surface area contributed by atoms with Gasteiger partial charge in [-0.15, -0.1) is 0 Å². The Labute approximate surface area is 191 Å². The van der Waals surface area contributed by atoms with Crippen LogP contribution in [0, 0.1) is 0 Å². The number of ether oxygens (including phenoxy) is 2. The fourth-order valence-corrected chi connectivity index (χ4v) is 5.87. The van der Waals surface area contributed by atoms with Crippen LogP contribution in [0.5, 0.6) is 11.5 Å². The Balaban J connectivity index is 1.37. The van der Waals surface area contributed by atoms with Gasteiger partial charge in [0.1, 0.15) is 19.8 Å². The van der Waals surface area contributed by atoms with E-state index < -0.39 is 0 Å². The predicted octanol–water partition coefficient (Wildman–Crippen LogP) is 3.58. The van der Waals surface area contributed by atoms with Crippen molar-refractivity contribution in [1.82, 2.24) is 14.7 Å². The summed E-state index contributed by atoms with van der Waals surface area (Å²) in [7, 11) is 0. The molecule has 3 aliphatic rings. The molecule has 0 saturated heterocycles. The van der Waals surface area contributed by atoms with Gasteiger partial charge in [-0.3, -0.25) is 9.59 Å². The number of fused-ring (bicyclic) bond motifs is 4. The standard InChI is InChI=1S/C26H27N3O4/c1-17-20-12-22-23(33-11-10-32-22)13-21(20)26(8-4-5-9-26)16-28(17)24(30)15-29-25(31)19-7-3-2-6-18(19)14-27-29/h2-3,6-7,12-14,17H,4-5,8-11,15-16H2,1H3. The summed E-state index contributed by atoms with van der Waals surface area (Å²) >= 11 is 0. The third-order valence-corrected chi connectivity index (χ3v) is 7.60. The van der Waals surface area contributed by atoms with Crippen molar-refractivity contribution in [2.75, 3.05) is 19.8 Å². The Hall–Kier alpha value is -3.35. The minimum atomic E-state index is -0.235. The molecule has 2 aliphatic heterocycles. The number of carbonyl (C=O) groups excluding carboxylic acids is 1. The van der Waals surface area contributed by atoms with E-state index in [-0.39, 0.29) is 29.5 Å². The molecule has 0 bridgehead atoms. The zero-order chi connectivity index (χ0) is 22.6. The van der Waals surface area contributed by atoms with Gasteiger partial charge in [0.15, 0.2) is 11.5 Å². The summed E-state index contributed by atoms with van der Waals surface area (Å²) in [6.07, 6.45) is 6.04. The molecular formula is C26H27N3O4. The second-order valence-corrected chi connectivity index (χ2v) is 9.46. The lowest BCUT2D eigenvalue weighted by atomic mass is 9.71. The number of hydrogen-bond acceptors (Lipinski definition) is 5. The predicted molar refractivity (Wildman–Crippen MR) is 124 cm³/mol. The van der Waals surface area contributed by atoms with Gasteiger partial charge in [0.25, 0.3) is 5.56 Å². The van der Waals surface area contributed by atoms with Crippen LogP contribution in [0.1, 0.15) is 49.8 Å². The van der Waals surface area contributed by atoms with E-state index in [9.17, 15) is 9.59 Å². The van der Waals surface area contributed by atoms with Crippen LogP contribution in [0.15, 0.2) is 47.4 Å². The van der Waals surface area contributed by atoms with E-state index in [0.717, 1.165) is 48.1 Å². The van der Waals surface area contributed by atoms with Gasteiger partial charge < -0.3 is 14.4 Å². The molecule has 7 heteroatoms. The number of nitrogens with zero attached hydrogens (tertiary/aromatic N) is 3. The lowest BCUT2D eigenvalue weighted by molar-refractivity contribution is -0.136. The van der Waals surface area contributed by atoms with Crippen LogP contribution in [0.2, 0.25) is 0 Å². The fourth-order valence-electron chi connectivity index (χ4n) is 5.87. The first-order valence-corrected chi connectivity index (χ1v) is 11.7. The molecule has 2 aromatic carbocycles. The zero-order valence-corrected chi connectivity index (χ0v) is 18.8. The summed E-state index contributed by atoms with van der Waals surface area (Å²) in [5.41, 5.74) is 2.11. The van der Waals surface area contributed by atoms with E-state index >= 15 is 0 Å². The maximum absolute atomic E-state index is 13.6. The van der Waals surface area contributed by atoms with Crippen LogP contribution >= 0.6 is 0 Å². The molecular weight excluding hydrogens is 418 g/mol. The molecule has 7 nitrogen and oxygen atoms in total. The molecule has 1 aliphatic carbocycles. The van der Waals surface area contributed by atoms with Gasteiger partial charge in [-0.05, 0) is 49.1 Å². The maximum Gasteiger partial charge on any atom is 0.275 e. The maximum atomic E-state index is 13.6. The number of aromatic nitrogens is 2. The molecule has 33 heavy (non-hydrogen) atoms. The third kappa shape index (κ3) is 3.21. The first-order valence-electron chi connectivity index (χ1n) is 11.7. The van der Waals surface area contributed by atoms with Crippen molar-refractivity contribution < 1.29 is 14.3 Å². The van der Waals surface area contributed by atoms with E-state index in [1.807, 2.05) is 23.1 Å². The minimum absolute atomic E-state index is 0.0655. The lowest BCUT2D eigenvalue weighted by Crippen LogP contribution is -2.50. The smallest absolute Gasteiger partial charge is 0.275 e. The number of carbonyl (C=O) groups is 1. The van der Waals surface area contributed by atoms with Gasteiger partial charge in [-0.2, -0.15) is 5.10 Å². The lowest BCUT2D eigenvalue weighted by Gasteiger charge is -2.46. The average Bonchev–Trinajstić information content (AvgIpc) is 3.32. The van der Waals surface area contributed by atoms with E-state index in [1.165, 1.54) is 10.2 Å². The fraction of sp³-hybridized carbons (Fsp3) is 0.423. The quantitative estimate of drug-likeness (QED) is 0.603. The van der Waals surface area contributed by atoms with Gasteiger partial charge >= 0.3 is 0 Å². The number of rotatable bonds is 2. The molecule has 1 atom stereocenters. The molecule has 3 aromatic rings. The molecule has 0 radical (unpaired) electrons. The van der Waals surface area contributed by atoms with Gasteiger partial charge in [-0.25, -0.2) is 4.68 Å². The van der Waals surface area contributed by atoms with Crippen LogP contribution in [0.4, 0.5) is 0 Å². The monoisotopic (exact) mass is 445 g/mol. The highest BCUT2D eigenvalue weighted by molar-refractivity contribution is 5.81. The number of hydrogen-bond donors (Lipinski definition) is 0. The normalized spacial score (nSPS) is 20.8. The number of amides is 1. The van der Waals surface area contributed by atoms with E-state index in [0.29, 0.717) is 25.1 Å². The highest BCUT2D eigenvalue weighted by Gasteiger charge is 2.46. The Morgan fingerprint density at radius 3 is 2.64 bits per heavy atom. The van der Waals surface area contributed by atoms with Crippen molar-refractivity contribution in [2.45, 2.75) is 50.6 Å². The third-order valence-electron chi connectivity index (χ3n) is 7.60. The molecule has 1 fully saturated rings. The highest BCUT2D eigenvalue weighted by atomic mass is 16.6. The van der Waals surface area contributed by atoms with Crippen LogP contribution < -0.4 is 15.0 Å². The van der Waals surface area contributed by atoms with Gasteiger partial charge in [0.05, 0.1) is 17.6 Å². The number of benzene rings is 2. The van der Waals surface area contributed by atoms with Crippen molar-refractivity contribution >= 4 is 16.7 Å². The van der Waals surface area contributed by atoms with Crippen molar-refractivity contribution in [1.29, 1.82) is 0 Å². The summed E-state index contributed by atoms with van der Waals surface area (Å²) in [5.74, 6) is 1.48. The Bertz CT molecular complexity index is 1310. The summed E-state index contributed by atoms with van der Waals surface area (Å²) in [4.78, 5) is 28.4. The zero-order valence-electron chi connectivity index (χ0n) is 18.8. The summed E-state index contributed by atoms with van der Waals surface area (Å²) in [5, 5.41) is 5.64. The first kappa shape index (κ1) is 20.3. The van der Waals surface area contributed by atoms with Crippen LogP contribution in [0.25, 0.3) is 10.8 Å². The van der Waals surface area contributed by atoms with Crippen molar-refractivity contribution in [3.8, 4) is 11.5 Å². The van der Waals surface area contributed by atoms with Gasteiger partial charge in [0, 0.05) is 17.3 Å². The van der Waals surface area contributed by atoms with E-state index in [4.69, 9.17) is 9.47 Å². The molecule has 170 valence electrons. The van der Waals surface area contributed by atoms with Crippen LogP contribution in [-0.4, -0.2) is 40.3 Å². The summed E-state index contributed by atoms with van der Waals surface area (Å²) in [6.45, 7) is 3.74. The second kappa shape index (κ2) is 7.61. The Morgan fingerprint density at radius 2 is 1.85 bits per heavy atom. The topological polar surface area (TPSA) is 73.7 Å². The molecule has 1 unspecified atom stereocenters. The highest BCUT2D eigenvalue weighted by Crippen LogP contribution is 2.51. The Morgan fingerprint density at radius 1 is 1.12 bits per heavy atom. The average molecular weight is 446 g/mol. The molecule has 1 aromatic heterocycles. The minimum Gasteiger partial charge on any atom is -0.486 e. The Kier molecular flexibility index (Phi) is 4.67. The SMILES string of the molecule is CC1c2cc3c(cc2C2(CCCC2)CN1C(=O)Cn1ncc2ccccc2c1=O)OCCO3. The molecule has 3 heterocycles. The molecule has 1 spiro atoms.